The number of benzene rings is 2. The third-order valence-corrected chi connectivity index (χ3v) is 19.2. The van der Waals surface area contributed by atoms with E-state index in [1.165, 1.54) is 0 Å². The van der Waals surface area contributed by atoms with Gasteiger partial charge in [-0.1, -0.05) is 77.1 Å². The van der Waals surface area contributed by atoms with Gasteiger partial charge in [0.1, 0.15) is 30.1 Å². The van der Waals surface area contributed by atoms with E-state index in [1.807, 2.05) is 16.7 Å². The van der Waals surface area contributed by atoms with Gasteiger partial charge < -0.3 is 28.6 Å². The number of hydrogen-bond donors (Lipinski definition) is 2. The van der Waals surface area contributed by atoms with Crippen LogP contribution in [-0.2, 0) is 20.9 Å². The Morgan fingerprint density at radius 3 is 2.13 bits per heavy atom. The van der Waals surface area contributed by atoms with E-state index in [2.05, 4.69) is 84.9 Å². The molecule has 11 heteroatoms. The van der Waals surface area contributed by atoms with Crippen molar-refractivity contribution in [2.45, 2.75) is 89.9 Å². The van der Waals surface area contributed by atoms with E-state index in [0.29, 0.717) is 27.2 Å². The Morgan fingerprint density at radius 2 is 1.60 bits per heavy atom. The van der Waals surface area contributed by atoms with Crippen molar-refractivity contribution in [3.8, 4) is 17.6 Å². The maximum atomic E-state index is 14.1. The molecule has 8 nitrogen and oxygen atoms in total. The van der Waals surface area contributed by atoms with Crippen LogP contribution in [0.3, 0.4) is 0 Å². The van der Waals surface area contributed by atoms with Gasteiger partial charge in [0.05, 0.1) is 24.1 Å². The zero-order valence-electron chi connectivity index (χ0n) is 29.4. The van der Waals surface area contributed by atoms with Crippen molar-refractivity contribution in [3.63, 3.8) is 0 Å². The first-order valence-corrected chi connectivity index (χ1v) is 22.2. The summed E-state index contributed by atoms with van der Waals surface area (Å²) in [6.45, 7) is 22.6. The van der Waals surface area contributed by atoms with Gasteiger partial charge in [-0.3, -0.25) is 9.59 Å². The van der Waals surface area contributed by atoms with Crippen LogP contribution in [0.4, 0.5) is 0 Å². The Labute approximate surface area is 286 Å². The van der Waals surface area contributed by atoms with Crippen molar-refractivity contribution in [1.82, 2.24) is 9.88 Å². The van der Waals surface area contributed by atoms with Crippen LogP contribution in [0.1, 0.15) is 63.0 Å². The minimum absolute atomic E-state index is 0.00407. The Morgan fingerprint density at radius 1 is 1.02 bits per heavy atom. The summed E-state index contributed by atoms with van der Waals surface area (Å²) in [5.41, 5.74) is 0.591. The molecule has 0 aliphatic carbocycles. The standard InChI is InChI=1S/C36H49ClN2O6Si2/c1-34(2,3)46(7,8)44-23-36(24-45-47(9,10)35(4,5)6)22-43-30-19-26(12-11-17-40)18-28-31(30)39(36)21-29(32(28)41)33(42)38-20-25-13-15-27(37)16-14-25/h13-16,18-19,21,40H,17,20,22-24H2,1-10H3,(H,38,42). The lowest BCUT2D eigenvalue weighted by Crippen LogP contribution is -2.56. The summed E-state index contributed by atoms with van der Waals surface area (Å²) < 4.78 is 22.2. The first kappa shape index (κ1) is 36.9. The summed E-state index contributed by atoms with van der Waals surface area (Å²) in [4.78, 5) is 27.9. The molecule has 2 heterocycles. The van der Waals surface area contributed by atoms with Gasteiger partial charge in [0.2, 0.25) is 5.43 Å². The highest BCUT2D eigenvalue weighted by Gasteiger charge is 2.47. The molecule has 47 heavy (non-hydrogen) atoms. The minimum Gasteiger partial charge on any atom is -0.489 e. The topological polar surface area (TPSA) is 99.0 Å². The molecule has 1 aromatic heterocycles. The van der Waals surface area contributed by atoms with E-state index in [0.717, 1.165) is 5.56 Å². The molecule has 0 atom stereocenters. The first-order chi connectivity index (χ1) is 21.7. The predicted molar refractivity (Wildman–Crippen MR) is 195 cm³/mol. The average molecular weight is 697 g/mol. The number of hydrogen-bond acceptors (Lipinski definition) is 6. The third-order valence-electron chi connectivity index (χ3n) is 10.0. The lowest BCUT2D eigenvalue weighted by molar-refractivity contribution is 0.0262. The number of aliphatic hydroxyl groups excluding tert-OH is 1. The Bertz CT molecular complexity index is 1730. The average Bonchev–Trinajstić information content (AvgIpc) is 2.98. The van der Waals surface area contributed by atoms with E-state index < -0.39 is 33.5 Å². The summed E-state index contributed by atoms with van der Waals surface area (Å²) in [5, 5.41) is 13.1. The largest absolute Gasteiger partial charge is 0.489 e. The SMILES string of the molecule is CC(C)(C)[Si](C)(C)OCC1(CO[Si](C)(C)C(C)(C)C)COc2cc(C#CCO)cc3c(=O)c(C(=O)NCc4ccc(Cl)cc4)cn1c23. The zero-order valence-corrected chi connectivity index (χ0v) is 32.1. The van der Waals surface area contributed by atoms with Gasteiger partial charge in [-0.25, -0.2) is 0 Å². The molecule has 4 rings (SSSR count). The molecule has 0 radical (unpaired) electrons. The molecule has 0 fully saturated rings. The van der Waals surface area contributed by atoms with Crippen LogP contribution >= 0.6 is 11.6 Å². The van der Waals surface area contributed by atoms with E-state index >= 15 is 0 Å². The molecule has 0 unspecified atom stereocenters. The first-order valence-electron chi connectivity index (χ1n) is 16.0. The zero-order chi connectivity index (χ0) is 35.0. The Hall–Kier alpha value is -2.92. The number of carbonyl (C=O) groups is 1. The molecule has 0 saturated heterocycles. The summed E-state index contributed by atoms with van der Waals surface area (Å²) >= 11 is 6.05. The van der Waals surface area contributed by atoms with Gasteiger partial charge in [0, 0.05) is 23.3 Å². The second kappa shape index (κ2) is 13.5. The number of nitrogens with one attached hydrogen (secondary N) is 1. The second-order valence-electron chi connectivity index (χ2n) is 15.5. The van der Waals surface area contributed by atoms with Crippen LogP contribution in [0.25, 0.3) is 10.9 Å². The summed E-state index contributed by atoms with van der Waals surface area (Å²) in [7, 11) is -4.50. The van der Waals surface area contributed by atoms with Crippen LogP contribution in [0.5, 0.6) is 5.75 Å². The van der Waals surface area contributed by atoms with E-state index in [9.17, 15) is 14.7 Å². The maximum absolute atomic E-state index is 14.1. The Kier molecular flexibility index (Phi) is 10.6. The monoisotopic (exact) mass is 696 g/mol. The molecule has 1 aliphatic heterocycles. The van der Waals surface area contributed by atoms with Crippen LogP contribution in [0, 0.1) is 11.8 Å². The van der Waals surface area contributed by atoms with Gasteiger partial charge in [-0.2, -0.15) is 0 Å². The fraction of sp³-hybridized carbons (Fsp3) is 0.500. The molecule has 0 bridgehead atoms. The summed E-state index contributed by atoms with van der Waals surface area (Å²) in [6, 6.07) is 10.6. The number of amides is 1. The summed E-state index contributed by atoms with van der Waals surface area (Å²) in [5.74, 6) is 5.53. The molecule has 0 spiro atoms. The lowest BCUT2D eigenvalue weighted by Gasteiger charge is -2.46. The number of carbonyl (C=O) groups excluding carboxylic acids is 1. The molecule has 254 valence electrons. The fourth-order valence-corrected chi connectivity index (χ4v) is 7.03. The molecular weight excluding hydrogens is 648 g/mol. The van der Waals surface area contributed by atoms with Crippen LogP contribution < -0.4 is 15.5 Å². The quantitative estimate of drug-likeness (QED) is 0.184. The van der Waals surface area contributed by atoms with Crippen LogP contribution in [0.15, 0.2) is 47.4 Å². The van der Waals surface area contributed by atoms with Gasteiger partial charge in [0.15, 0.2) is 16.6 Å². The van der Waals surface area contributed by atoms with Crippen molar-refractivity contribution in [2.75, 3.05) is 26.4 Å². The molecule has 2 aromatic carbocycles. The highest BCUT2D eigenvalue weighted by atomic mass is 35.5. The number of ether oxygens (including phenoxy) is 1. The molecular formula is C36H49ClN2O6Si2. The Balaban J connectivity index is 1.92. The molecule has 3 aromatic rings. The van der Waals surface area contributed by atoms with Gasteiger partial charge in [0.25, 0.3) is 5.91 Å². The van der Waals surface area contributed by atoms with Crippen LogP contribution in [-0.4, -0.2) is 58.6 Å². The van der Waals surface area contributed by atoms with Crippen molar-refractivity contribution in [2.24, 2.45) is 0 Å². The smallest absolute Gasteiger partial charge is 0.257 e. The third kappa shape index (κ3) is 7.88. The highest BCUT2D eigenvalue weighted by molar-refractivity contribution is 6.74. The minimum atomic E-state index is -2.25. The number of aromatic nitrogens is 1. The molecule has 1 aliphatic rings. The van der Waals surface area contributed by atoms with Crippen molar-refractivity contribution < 1.29 is 23.5 Å². The molecule has 0 saturated carbocycles. The predicted octanol–water partition coefficient (Wildman–Crippen LogP) is 7.06. The summed E-state index contributed by atoms with van der Waals surface area (Å²) in [6.07, 6.45) is 1.65. The van der Waals surface area contributed by atoms with Crippen molar-refractivity contribution in [1.29, 1.82) is 0 Å². The van der Waals surface area contributed by atoms with Gasteiger partial charge >= 0.3 is 0 Å². The van der Waals surface area contributed by atoms with Crippen molar-refractivity contribution in [3.05, 3.63) is 74.5 Å². The van der Waals surface area contributed by atoms with Gasteiger partial charge in [-0.05, 0) is 66.1 Å². The van der Waals surface area contributed by atoms with E-state index in [4.69, 9.17) is 25.2 Å². The molecule has 1 amide bonds. The normalized spacial score (nSPS) is 14.7. The number of aliphatic hydroxyl groups is 1. The number of halogens is 1. The lowest BCUT2D eigenvalue weighted by atomic mass is 9.97. The van der Waals surface area contributed by atoms with E-state index in [-0.39, 0.29) is 48.6 Å². The highest BCUT2D eigenvalue weighted by Crippen LogP contribution is 2.42. The van der Waals surface area contributed by atoms with E-state index in [1.54, 1.807) is 30.5 Å². The maximum Gasteiger partial charge on any atom is 0.257 e. The van der Waals surface area contributed by atoms with Crippen LogP contribution in [0.2, 0.25) is 41.3 Å². The number of rotatable bonds is 9. The fourth-order valence-electron chi connectivity index (χ4n) is 4.77. The molecule has 2 N–H and O–H groups in total. The second-order valence-corrected chi connectivity index (χ2v) is 25.5. The van der Waals surface area contributed by atoms with Crippen molar-refractivity contribution >= 4 is 45.0 Å². The number of pyridine rings is 1. The number of nitrogens with zero attached hydrogens (tertiary/aromatic N) is 1. The van der Waals surface area contributed by atoms with Gasteiger partial charge in [-0.15, -0.1) is 0 Å².